The lowest BCUT2D eigenvalue weighted by Crippen LogP contribution is -2.17. The van der Waals surface area contributed by atoms with E-state index < -0.39 is 12.0 Å². The first-order chi connectivity index (χ1) is 16.7. The minimum atomic E-state index is -0.761. The van der Waals surface area contributed by atoms with E-state index in [-0.39, 0.29) is 22.0 Å². The van der Waals surface area contributed by atoms with Crippen LogP contribution in [-0.2, 0) is 0 Å². The molecule has 1 amide bonds. The van der Waals surface area contributed by atoms with Crippen molar-refractivity contribution in [3.8, 4) is 17.1 Å². The second kappa shape index (κ2) is 8.56. The number of nitrogens with two attached hydrogens (primary N) is 1. The van der Waals surface area contributed by atoms with E-state index in [1.807, 2.05) is 31.2 Å². The van der Waals surface area contributed by atoms with Crippen LogP contribution in [0, 0.1) is 13.8 Å². The zero-order chi connectivity index (χ0) is 24.9. The van der Waals surface area contributed by atoms with Gasteiger partial charge in [-0.1, -0.05) is 11.6 Å². The minimum absolute atomic E-state index is 0.0762. The van der Waals surface area contributed by atoms with Crippen LogP contribution >= 0.6 is 11.6 Å². The third-order valence-corrected chi connectivity index (χ3v) is 6.10. The van der Waals surface area contributed by atoms with Crippen LogP contribution in [0.4, 0.5) is 0 Å². The normalized spacial score (nSPS) is 12.2. The Morgan fingerprint density at radius 1 is 1.17 bits per heavy atom. The molecule has 5 aromatic rings. The Morgan fingerprint density at radius 2 is 1.97 bits per heavy atom. The first-order valence-electron chi connectivity index (χ1n) is 10.9. The quantitative estimate of drug-likeness (QED) is 0.326. The van der Waals surface area contributed by atoms with Crippen LogP contribution in [0.25, 0.3) is 33.2 Å². The molecule has 0 aliphatic rings. The largest absolute Gasteiger partial charge is 0.483 e. The molecule has 3 N–H and O–H groups in total. The van der Waals surface area contributed by atoms with E-state index in [9.17, 15) is 9.59 Å². The summed E-state index contributed by atoms with van der Waals surface area (Å²) in [5, 5.41) is 8.45. The molecule has 3 aromatic heterocycles. The highest BCUT2D eigenvalue weighted by atomic mass is 35.5. The monoisotopic (exact) mass is 488 g/mol. The molecule has 0 radical (unpaired) electrons. The highest BCUT2D eigenvalue weighted by Gasteiger charge is 2.22. The highest BCUT2D eigenvalue weighted by molar-refractivity contribution is 6.29. The summed E-state index contributed by atoms with van der Waals surface area (Å²) in [6, 6.07) is 12.4. The SMILES string of the molecule is Cc1cc([C@@H](C)Oc2ccc(Cl)nc2C(N)=O)c2oc(-c3ccc4[nH]ncc4c3)c(C)c(=O)c2c1. The Morgan fingerprint density at radius 3 is 2.74 bits per heavy atom. The predicted octanol–water partition coefficient (Wildman–Crippen LogP) is 5.24. The van der Waals surface area contributed by atoms with Gasteiger partial charge in [0.1, 0.15) is 22.6 Å². The number of aromatic amines is 1. The molecule has 1 atom stereocenters. The van der Waals surface area contributed by atoms with E-state index in [1.54, 1.807) is 26.1 Å². The van der Waals surface area contributed by atoms with Gasteiger partial charge in [-0.15, -0.1) is 0 Å². The summed E-state index contributed by atoms with van der Waals surface area (Å²) < 4.78 is 12.5. The fourth-order valence-electron chi connectivity index (χ4n) is 4.18. The molecule has 9 heteroatoms. The van der Waals surface area contributed by atoms with E-state index in [0.717, 1.165) is 22.0 Å². The number of halogens is 1. The van der Waals surface area contributed by atoms with Crippen LogP contribution < -0.4 is 15.9 Å². The maximum absolute atomic E-state index is 13.4. The smallest absolute Gasteiger partial charge is 0.271 e. The number of fused-ring (bicyclic) bond motifs is 2. The molecule has 35 heavy (non-hydrogen) atoms. The van der Waals surface area contributed by atoms with Crippen molar-refractivity contribution >= 4 is 39.4 Å². The molecule has 0 fully saturated rings. The van der Waals surface area contributed by atoms with Gasteiger partial charge in [0.25, 0.3) is 5.91 Å². The van der Waals surface area contributed by atoms with E-state index in [4.69, 9.17) is 26.5 Å². The van der Waals surface area contributed by atoms with Crippen molar-refractivity contribution in [3.63, 3.8) is 0 Å². The maximum Gasteiger partial charge on any atom is 0.271 e. The van der Waals surface area contributed by atoms with Gasteiger partial charge in [-0.05, 0) is 68.8 Å². The third kappa shape index (κ3) is 4.02. The first kappa shape index (κ1) is 22.6. The molecule has 0 aliphatic heterocycles. The van der Waals surface area contributed by atoms with Crippen molar-refractivity contribution in [2.45, 2.75) is 26.9 Å². The summed E-state index contributed by atoms with van der Waals surface area (Å²) in [5.41, 5.74) is 9.32. The van der Waals surface area contributed by atoms with Crippen molar-refractivity contribution in [2.75, 3.05) is 0 Å². The van der Waals surface area contributed by atoms with Crippen molar-refractivity contribution < 1.29 is 13.9 Å². The van der Waals surface area contributed by atoms with Crippen LogP contribution in [0.5, 0.6) is 5.75 Å². The molecule has 0 saturated heterocycles. The van der Waals surface area contributed by atoms with Crippen LogP contribution in [0.15, 0.2) is 57.9 Å². The number of benzene rings is 2. The number of ether oxygens (including phenoxy) is 1. The Balaban J connectivity index is 1.67. The number of carbonyl (C=O) groups is 1. The lowest BCUT2D eigenvalue weighted by molar-refractivity contribution is 0.0988. The highest BCUT2D eigenvalue weighted by Crippen LogP contribution is 2.34. The molecule has 0 spiro atoms. The Kier molecular flexibility index (Phi) is 5.53. The van der Waals surface area contributed by atoms with E-state index in [1.165, 1.54) is 12.1 Å². The number of hydrogen-bond donors (Lipinski definition) is 2. The average molecular weight is 489 g/mol. The molecule has 2 aromatic carbocycles. The van der Waals surface area contributed by atoms with Gasteiger partial charge in [-0.2, -0.15) is 5.10 Å². The number of amides is 1. The summed E-state index contributed by atoms with van der Waals surface area (Å²) in [4.78, 5) is 29.3. The lowest BCUT2D eigenvalue weighted by atomic mass is 9.99. The molecule has 8 nitrogen and oxygen atoms in total. The number of carbonyl (C=O) groups excluding carboxylic acids is 1. The lowest BCUT2D eigenvalue weighted by Gasteiger charge is -2.19. The van der Waals surface area contributed by atoms with Gasteiger partial charge in [0, 0.05) is 22.1 Å². The number of pyridine rings is 1. The van der Waals surface area contributed by atoms with E-state index in [2.05, 4.69) is 15.2 Å². The van der Waals surface area contributed by atoms with Crippen LogP contribution in [0.1, 0.15) is 40.2 Å². The zero-order valence-electron chi connectivity index (χ0n) is 19.2. The Bertz CT molecular complexity index is 1690. The number of primary amides is 1. The molecule has 0 saturated carbocycles. The maximum atomic E-state index is 13.4. The first-order valence-corrected chi connectivity index (χ1v) is 11.2. The Labute approximate surface area is 204 Å². The topological polar surface area (TPSA) is 124 Å². The molecule has 0 bridgehead atoms. The fourth-order valence-corrected chi connectivity index (χ4v) is 4.32. The van der Waals surface area contributed by atoms with Gasteiger partial charge in [-0.3, -0.25) is 14.7 Å². The van der Waals surface area contributed by atoms with Gasteiger partial charge in [0.05, 0.1) is 17.1 Å². The van der Waals surface area contributed by atoms with Crippen molar-refractivity contribution in [2.24, 2.45) is 5.73 Å². The number of rotatable bonds is 5. The van der Waals surface area contributed by atoms with Gasteiger partial charge >= 0.3 is 0 Å². The van der Waals surface area contributed by atoms with Crippen LogP contribution in [0.3, 0.4) is 0 Å². The van der Waals surface area contributed by atoms with Crippen LogP contribution in [0.2, 0.25) is 5.15 Å². The number of aromatic nitrogens is 3. The summed E-state index contributed by atoms with van der Waals surface area (Å²) in [5.74, 6) is -0.110. The van der Waals surface area contributed by atoms with E-state index in [0.29, 0.717) is 27.9 Å². The van der Waals surface area contributed by atoms with Gasteiger partial charge < -0.3 is 14.9 Å². The molecular weight excluding hydrogens is 468 g/mol. The van der Waals surface area contributed by atoms with Crippen molar-refractivity contribution in [1.82, 2.24) is 15.2 Å². The second-order valence-electron chi connectivity index (χ2n) is 8.39. The summed E-state index contributed by atoms with van der Waals surface area (Å²) in [6.45, 7) is 5.44. The Hall–Kier alpha value is -4.17. The molecule has 0 aliphatic carbocycles. The average Bonchev–Trinajstić information content (AvgIpc) is 3.30. The second-order valence-corrected chi connectivity index (χ2v) is 8.78. The van der Waals surface area contributed by atoms with E-state index >= 15 is 0 Å². The van der Waals surface area contributed by atoms with Gasteiger partial charge in [-0.25, -0.2) is 4.98 Å². The van der Waals surface area contributed by atoms with Crippen molar-refractivity contribution in [1.29, 1.82) is 0 Å². The summed E-state index contributed by atoms with van der Waals surface area (Å²) in [6.07, 6.45) is 1.11. The predicted molar refractivity (Wildman–Crippen MR) is 134 cm³/mol. The zero-order valence-corrected chi connectivity index (χ0v) is 19.9. The number of hydrogen-bond acceptors (Lipinski definition) is 6. The molecule has 3 heterocycles. The van der Waals surface area contributed by atoms with Crippen LogP contribution in [-0.4, -0.2) is 21.1 Å². The fraction of sp³-hybridized carbons (Fsp3) is 0.154. The van der Waals surface area contributed by atoms with Gasteiger partial charge in [0.15, 0.2) is 16.9 Å². The summed E-state index contributed by atoms with van der Waals surface area (Å²) in [7, 11) is 0. The van der Waals surface area contributed by atoms with Crippen molar-refractivity contribution in [3.05, 3.63) is 86.4 Å². The number of nitrogens with one attached hydrogen (secondary N) is 1. The third-order valence-electron chi connectivity index (χ3n) is 5.89. The molecule has 176 valence electrons. The minimum Gasteiger partial charge on any atom is -0.483 e. The standard InChI is InChI=1S/C26H21ClN4O4/c1-12-8-17(14(3)34-20-6-7-21(27)30-22(20)26(28)33)25-18(9-12)23(32)13(2)24(35-25)15-4-5-19-16(10-15)11-29-31-19/h4-11,14H,1-3H3,(H2,28,33)(H,29,31)/t14-/m1/s1. The van der Waals surface area contributed by atoms with Gasteiger partial charge in [0.2, 0.25) is 0 Å². The number of H-pyrrole nitrogens is 1. The number of aryl methyl sites for hydroxylation is 1. The summed E-state index contributed by atoms with van der Waals surface area (Å²) >= 11 is 5.92. The molecular formula is C26H21ClN4O4. The number of nitrogens with zero attached hydrogens (tertiary/aromatic N) is 2. The molecule has 0 unspecified atom stereocenters. The molecule has 5 rings (SSSR count).